The monoisotopic (exact) mass is 249 g/mol. The molecule has 0 spiro atoms. The fraction of sp³-hybridized carbons (Fsp3) is 0.333. The Morgan fingerprint density at radius 2 is 2.06 bits per heavy atom. The lowest BCUT2D eigenvalue weighted by molar-refractivity contribution is 0.173. The van der Waals surface area contributed by atoms with Crippen LogP contribution in [0.4, 0.5) is 0 Å². The molecule has 0 radical (unpaired) electrons. The summed E-state index contributed by atoms with van der Waals surface area (Å²) >= 11 is 1.56. The van der Waals surface area contributed by atoms with Crippen LogP contribution in [0.1, 0.15) is 25.0 Å². The Hall–Kier alpha value is -1.33. The zero-order valence-electron chi connectivity index (χ0n) is 9.87. The largest absolute Gasteiger partial charge is 0.388 e. The number of hydrogen-bond donors (Lipinski definition) is 1. The van der Waals surface area contributed by atoms with Crippen molar-refractivity contribution in [1.29, 1.82) is 0 Å². The highest BCUT2D eigenvalue weighted by Crippen LogP contribution is 2.27. The summed E-state index contributed by atoms with van der Waals surface area (Å²) in [5, 5.41) is 18.4. The van der Waals surface area contributed by atoms with Crippen LogP contribution in [-0.4, -0.2) is 19.9 Å². The van der Waals surface area contributed by atoms with E-state index in [2.05, 4.69) is 10.2 Å². The molecule has 0 saturated heterocycles. The molecule has 1 aromatic heterocycles. The fourth-order valence-corrected chi connectivity index (χ4v) is 2.23. The average molecular weight is 249 g/mol. The van der Waals surface area contributed by atoms with Gasteiger partial charge in [0.1, 0.15) is 6.33 Å². The molecular weight excluding hydrogens is 234 g/mol. The second-order valence-electron chi connectivity index (χ2n) is 3.82. The van der Waals surface area contributed by atoms with E-state index in [0.717, 1.165) is 22.0 Å². The molecular formula is C12H15N3OS. The average Bonchev–Trinajstić information content (AvgIpc) is 2.75. The van der Waals surface area contributed by atoms with Gasteiger partial charge in [0, 0.05) is 11.9 Å². The Labute approximate surface area is 105 Å². The Bertz CT molecular complexity index is 481. The van der Waals surface area contributed by atoms with Crippen LogP contribution in [0.25, 0.3) is 0 Å². The zero-order chi connectivity index (χ0) is 12.3. The second-order valence-corrected chi connectivity index (χ2v) is 4.86. The molecule has 0 saturated carbocycles. The summed E-state index contributed by atoms with van der Waals surface area (Å²) in [6, 6.07) is 7.89. The third-order valence-corrected chi connectivity index (χ3v) is 3.59. The Morgan fingerprint density at radius 3 is 2.59 bits per heavy atom. The van der Waals surface area contributed by atoms with Gasteiger partial charge in [0.25, 0.3) is 0 Å². The summed E-state index contributed by atoms with van der Waals surface area (Å²) in [5.74, 6) is 0. The van der Waals surface area contributed by atoms with Gasteiger partial charge in [-0.05, 0) is 35.9 Å². The number of aryl methyl sites for hydroxylation is 1. The second kappa shape index (κ2) is 5.33. The topological polar surface area (TPSA) is 50.9 Å². The van der Waals surface area contributed by atoms with E-state index in [9.17, 15) is 5.11 Å². The maximum absolute atomic E-state index is 9.69. The van der Waals surface area contributed by atoms with Crippen molar-refractivity contribution in [2.75, 3.05) is 0 Å². The van der Waals surface area contributed by atoms with Gasteiger partial charge in [-0.3, -0.25) is 0 Å². The van der Waals surface area contributed by atoms with Crippen LogP contribution in [0, 0.1) is 0 Å². The molecule has 17 heavy (non-hydrogen) atoms. The number of aliphatic hydroxyl groups is 1. The van der Waals surface area contributed by atoms with Crippen molar-refractivity contribution in [2.45, 2.75) is 29.5 Å². The van der Waals surface area contributed by atoms with Crippen molar-refractivity contribution >= 4 is 11.8 Å². The molecule has 5 heteroatoms. The zero-order valence-corrected chi connectivity index (χ0v) is 10.7. The highest BCUT2D eigenvalue weighted by atomic mass is 32.2. The number of aromatic nitrogens is 3. The van der Waals surface area contributed by atoms with E-state index in [0.29, 0.717) is 0 Å². The van der Waals surface area contributed by atoms with Gasteiger partial charge in [0.05, 0.1) is 6.10 Å². The van der Waals surface area contributed by atoms with E-state index in [4.69, 9.17) is 0 Å². The SMILES string of the molecule is CC[C@@H](O)c1ccc(Sc2nncn2C)cc1. The highest BCUT2D eigenvalue weighted by Gasteiger charge is 2.06. The normalized spacial score (nSPS) is 12.6. The van der Waals surface area contributed by atoms with Gasteiger partial charge < -0.3 is 9.67 Å². The third-order valence-electron chi connectivity index (χ3n) is 2.53. The molecule has 0 bridgehead atoms. The number of nitrogens with zero attached hydrogens (tertiary/aromatic N) is 3. The smallest absolute Gasteiger partial charge is 0.195 e. The Kier molecular flexibility index (Phi) is 3.81. The summed E-state index contributed by atoms with van der Waals surface area (Å²) in [7, 11) is 1.91. The van der Waals surface area contributed by atoms with Gasteiger partial charge in [-0.25, -0.2) is 0 Å². The molecule has 90 valence electrons. The summed E-state index contributed by atoms with van der Waals surface area (Å²) in [6.07, 6.45) is 2.04. The standard InChI is InChI=1S/C12H15N3OS/c1-3-11(16)9-4-6-10(7-5-9)17-12-14-13-8-15(12)2/h4-8,11,16H,3H2,1-2H3/t11-/m1/s1. The molecule has 2 rings (SSSR count). The maximum Gasteiger partial charge on any atom is 0.195 e. The van der Waals surface area contributed by atoms with Gasteiger partial charge in [0.15, 0.2) is 5.16 Å². The Morgan fingerprint density at radius 1 is 1.35 bits per heavy atom. The molecule has 2 aromatic rings. The number of aliphatic hydroxyl groups excluding tert-OH is 1. The number of rotatable bonds is 4. The fourth-order valence-electron chi connectivity index (χ4n) is 1.46. The quantitative estimate of drug-likeness (QED) is 0.904. The predicted molar refractivity (Wildman–Crippen MR) is 66.8 cm³/mol. The molecule has 1 aromatic carbocycles. The van der Waals surface area contributed by atoms with Crippen molar-refractivity contribution in [2.24, 2.45) is 7.05 Å². The molecule has 0 amide bonds. The van der Waals surface area contributed by atoms with E-state index >= 15 is 0 Å². The molecule has 1 N–H and O–H groups in total. The van der Waals surface area contributed by atoms with Crippen molar-refractivity contribution in [3.8, 4) is 0 Å². The highest BCUT2D eigenvalue weighted by molar-refractivity contribution is 7.99. The molecule has 1 heterocycles. The molecule has 0 fully saturated rings. The summed E-state index contributed by atoms with van der Waals surface area (Å²) < 4.78 is 1.87. The lowest BCUT2D eigenvalue weighted by Crippen LogP contribution is -1.94. The van der Waals surface area contributed by atoms with Crippen LogP contribution in [0.3, 0.4) is 0 Å². The molecule has 1 atom stereocenters. The predicted octanol–water partition coefficient (Wildman–Crippen LogP) is 2.41. The Balaban J connectivity index is 2.11. The summed E-state index contributed by atoms with van der Waals surface area (Å²) in [5.41, 5.74) is 0.954. The van der Waals surface area contributed by atoms with Gasteiger partial charge in [-0.2, -0.15) is 0 Å². The van der Waals surface area contributed by atoms with Gasteiger partial charge in [-0.15, -0.1) is 10.2 Å². The van der Waals surface area contributed by atoms with Crippen LogP contribution < -0.4 is 0 Å². The van der Waals surface area contributed by atoms with Crippen molar-refractivity contribution < 1.29 is 5.11 Å². The van der Waals surface area contributed by atoms with Gasteiger partial charge in [0.2, 0.25) is 0 Å². The lowest BCUT2D eigenvalue weighted by Gasteiger charge is -2.08. The van der Waals surface area contributed by atoms with Crippen LogP contribution in [0.5, 0.6) is 0 Å². The first-order valence-corrected chi connectivity index (χ1v) is 6.32. The van der Waals surface area contributed by atoms with E-state index < -0.39 is 0 Å². The molecule has 0 aliphatic rings. The van der Waals surface area contributed by atoms with E-state index in [1.807, 2.05) is 42.8 Å². The van der Waals surface area contributed by atoms with Crippen molar-refractivity contribution in [3.05, 3.63) is 36.2 Å². The van der Waals surface area contributed by atoms with Crippen LogP contribution in [-0.2, 0) is 7.05 Å². The van der Waals surface area contributed by atoms with Gasteiger partial charge >= 0.3 is 0 Å². The first-order valence-electron chi connectivity index (χ1n) is 5.50. The van der Waals surface area contributed by atoms with E-state index in [-0.39, 0.29) is 6.10 Å². The minimum atomic E-state index is -0.371. The molecule has 4 nitrogen and oxygen atoms in total. The summed E-state index contributed by atoms with van der Waals surface area (Å²) in [4.78, 5) is 1.09. The number of hydrogen-bond acceptors (Lipinski definition) is 4. The van der Waals surface area contributed by atoms with Crippen molar-refractivity contribution in [1.82, 2.24) is 14.8 Å². The first-order chi connectivity index (χ1) is 8.20. The first kappa shape index (κ1) is 12.1. The molecule has 0 aliphatic carbocycles. The van der Waals surface area contributed by atoms with Crippen LogP contribution in [0.15, 0.2) is 40.6 Å². The number of benzene rings is 1. The minimum absolute atomic E-state index is 0.371. The van der Waals surface area contributed by atoms with Crippen LogP contribution in [0.2, 0.25) is 0 Å². The van der Waals surface area contributed by atoms with E-state index in [1.165, 1.54) is 0 Å². The maximum atomic E-state index is 9.69. The summed E-state index contributed by atoms with van der Waals surface area (Å²) in [6.45, 7) is 1.97. The third kappa shape index (κ3) is 2.87. The van der Waals surface area contributed by atoms with Crippen molar-refractivity contribution in [3.63, 3.8) is 0 Å². The van der Waals surface area contributed by atoms with Crippen LogP contribution >= 0.6 is 11.8 Å². The van der Waals surface area contributed by atoms with Gasteiger partial charge in [-0.1, -0.05) is 19.1 Å². The molecule has 0 unspecified atom stereocenters. The van der Waals surface area contributed by atoms with E-state index in [1.54, 1.807) is 18.1 Å². The molecule has 0 aliphatic heterocycles. The minimum Gasteiger partial charge on any atom is -0.388 e. The lowest BCUT2D eigenvalue weighted by atomic mass is 10.1.